The lowest BCUT2D eigenvalue weighted by molar-refractivity contribution is 0.102. The quantitative estimate of drug-likeness (QED) is 0.578. The van der Waals surface area contributed by atoms with E-state index in [4.69, 9.17) is 4.74 Å². The largest absolute Gasteiger partial charge is 0.494 e. The highest BCUT2D eigenvalue weighted by atomic mass is 16.5. The molecular weight excluding hydrogens is 366 g/mol. The zero-order valence-electron chi connectivity index (χ0n) is 15.9. The third-order valence-electron chi connectivity index (χ3n) is 4.59. The van der Waals surface area contributed by atoms with Gasteiger partial charge in [0.2, 0.25) is 0 Å². The van der Waals surface area contributed by atoms with Crippen molar-refractivity contribution in [2.45, 2.75) is 6.92 Å². The van der Waals surface area contributed by atoms with Crippen LogP contribution in [-0.4, -0.2) is 27.8 Å². The number of carbonyl (C=O) groups is 1. The number of carbonyl (C=O) groups excluding carboxylic acids is 1. The average molecular weight is 383 g/mol. The van der Waals surface area contributed by atoms with E-state index in [1.165, 1.54) is 10.9 Å². The monoisotopic (exact) mass is 383 g/mol. The van der Waals surface area contributed by atoms with Crippen molar-refractivity contribution in [3.05, 3.63) is 77.5 Å². The van der Waals surface area contributed by atoms with Gasteiger partial charge in [0.15, 0.2) is 11.6 Å². The molecule has 0 saturated heterocycles. The van der Waals surface area contributed by atoms with Crippen molar-refractivity contribution in [3.63, 3.8) is 0 Å². The molecule has 29 heavy (non-hydrogen) atoms. The SMILES string of the molecule is COc1cccc2c(C)cc(-n3ncc(C#N)c3NC(=O)c3ccccc3)nc12. The van der Waals surface area contributed by atoms with Gasteiger partial charge in [0.25, 0.3) is 5.91 Å². The summed E-state index contributed by atoms with van der Waals surface area (Å²) >= 11 is 0. The first-order valence-electron chi connectivity index (χ1n) is 8.91. The summed E-state index contributed by atoms with van der Waals surface area (Å²) in [5.74, 6) is 1.04. The summed E-state index contributed by atoms with van der Waals surface area (Å²) in [6.07, 6.45) is 1.41. The molecule has 7 heteroatoms. The Morgan fingerprint density at radius 2 is 1.97 bits per heavy atom. The minimum atomic E-state index is -0.334. The molecule has 0 unspecified atom stereocenters. The average Bonchev–Trinajstić information content (AvgIpc) is 3.16. The minimum Gasteiger partial charge on any atom is -0.494 e. The van der Waals surface area contributed by atoms with Gasteiger partial charge in [-0.05, 0) is 36.8 Å². The molecule has 0 fully saturated rings. The smallest absolute Gasteiger partial charge is 0.256 e. The normalized spacial score (nSPS) is 10.5. The third kappa shape index (κ3) is 3.28. The standard InChI is InChI=1S/C22H17N5O2/c1-14-11-19(25-20-17(14)9-6-10-18(20)29-2)27-21(16(12-23)13-24-27)26-22(28)15-7-4-3-5-8-15/h3-11,13H,1-2H3,(H,26,28). The number of fused-ring (bicyclic) bond motifs is 1. The zero-order valence-corrected chi connectivity index (χ0v) is 15.9. The second kappa shape index (κ2) is 7.44. The van der Waals surface area contributed by atoms with E-state index < -0.39 is 0 Å². The van der Waals surface area contributed by atoms with E-state index in [-0.39, 0.29) is 17.3 Å². The van der Waals surface area contributed by atoms with Crippen LogP contribution in [0.4, 0.5) is 5.82 Å². The van der Waals surface area contributed by atoms with E-state index >= 15 is 0 Å². The van der Waals surface area contributed by atoms with Crippen molar-refractivity contribution in [1.82, 2.24) is 14.8 Å². The van der Waals surface area contributed by atoms with Crippen LogP contribution in [0.25, 0.3) is 16.7 Å². The van der Waals surface area contributed by atoms with Gasteiger partial charge in [0.05, 0.1) is 13.3 Å². The lowest BCUT2D eigenvalue weighted by Crippen LogP contribution is -2.16. The Kier molecular flexibility index (Phi) is 4.67. The fourth-order valence-electron chi connectivity index (χ4n) is 3.14. The van der Waals surface area contributed by atoms with E-state index in [2.05, 4.69) is 21.5 Å². The van der Waals surface area contributed by atoms with Crippen molar-refractivity contribution >= 4 is 22.6 Å². The molecule has 4 aromatic rings. The maximum atomic E-state index is 12.6. The van der Waals surface area contributed by atoms with Gasteiger partial charge in [-0.2, -0.15) is 15.0 Å². The molecular formula is C22H17N5O2. The number of ether oxygens (including phenoxy) is 1. The summed E-state index contributed by atoms with van der Waals surface area (Å²) in [5, 5.41) is 17.5. The van der Waals surface area contributed by atoms with Crippen LogP contribution in [0.3, 0.4) is 0 Å². The van der Waals surface area contributed by atoms with Crippen LogP contribution in [0, 0.1) is 18.3 Å². The predicted octanol–water partition coefficient (Wildman–Crippen LogP) is 3.86. The first-order valence-corrected chi connectivity index (χ1v) is 8.91. The Bertz CT molecular complexity index is 1260. The van der Waals surface area contributed by atoms with Gasteiger partial charge >= 0.3 is 0 Å². The molecule has 0 aliphatic carbocycles. The van der Waals surface area contributed by atoms with Crippen LogP contribution in [0.5, 0.6) is 5.75 Å². The second-order valence-corrected chi connectivity index (χ2v) is 6.40. The molecule has 0 radical (unpaired) electrons. The van der Waals surface area contributed by atoms with Crippen LogP contribution >= 0.6 is 0 Å². The number of rotatable bonds is 4. The molecule has 2 aromatic carbocycles. The Morgan fingerprint density at radius 3 is 2.69 bits per heavy atom. The summed E-state index contributed by atoms with van der Waals surface area (Å²) in [6.45, 7) is 1.96. The van der Waals surface area contributed by atoms with E-state index in [0.717, 1.165) is 10.9 Å². The zero-order chi connectivity index (χ0) is 20.4. The summed E-state index contributed by atoms with van der Waals surface area (Å²) in [5.41, 5.74) is 2.37. The molecule has 7 nitrogen and oxygen atoms in total. The van der Waals surface area contributed by atoms with E-state index in [1.807, 2.05) is 37.3 Å². The number of hydrogen-bond acceptors (Lipinski definition) is 5. The van der Waals surface area contributed by atoms with Crippen LogP contribution in [-0.2, 0) is 0 Å². The van der Waals surface area contributed by atoms with Gasteiger partial charge in [0, 0.05) is 10.9 Å². The molecule has 1 N–H and O–H groups in total. The fourth-order valence-corrected chi connectivity index (χ4v) is 3.14. The number of nitrogens with one attached hydrogen (secondary N) is 1. The predicted molar refractivity (Wildman–Crippen MR) is 109 cm³/mol. The molecule has 0 spiro atoms. The van der Waals surface area contributed by atoms with E-state index in [0.29, 0.717) is 22.6 Å². The van der Waals surface area contributed by atoms with Crippen LogP contribution < -0.4 is 10.1 Å². The highest BCUT2D eigenvalue weighted by Crippen LogP contribution is 2.29. The molecule has 0 aliphatic rings. The number of amides is 1. The topological polar surface area (TPSA) is 92.8 Å². The molecule has 1 amide bonds. The van der Waals surface area contributed by atoms with Crippen LogP contribution in [0.1, 0.15) is 21.5 Å². The molecule has 0 saturated carbocycles. The molecule has 0 bridgehead atoms. The Balaban J connectivity index is 1.83. The molecule has 2 heterocycles. The number of nitrogens with zero attached hydrogens (tertiary/aromatic N) is 4. The minimum absolute atomic E-state index is 0.244. The number of hydrogen-bond donors (Lipinski definition) is 1. The second-order valence-electron chi connectivity index (χ2n) is 6.40. The van der Waals surface area contributed by atoms with E-state index in [9.17, 15) is 10.1 Å². The lowest BCUT2D eigenvalue weighted by atomic mass is 10.1. The number of anilines is 1. The van der Waals surface area contributed by atoms with E-state index in [1.54, 1.807) is 31.4 Å². The van der Waals surface area contributed by atoms with Gasteiger partial charge in [-0.3, -0.25) is 4.79 Å². The molecule has 2 aromatic heterocycles. The number of benzene rings is 2. The van der Waals surface area contributed by atoms with Crippen molar-refractivity contribution < 1.29 is 9.53 Å². The molecule has 0 aliphatic heterocycles. The van der Waals surface area contributed by atoms with Gasteiger partial charge in [-0.15, -0.1) is 0 Å². The summed E-state index contributed by atoms with van der Waals surface area (Å²) in [4.78, 5) is 17.3. The first kappa shape index (κ1) is 18.2. The van der Waals surface area contributed by atoms with Gasteiger partial charge in [0.1, 0.15) is 22.9 Å². The Labute approximate surface area is 167 Å². The van der Waals surface area contributed by atoms with Gasteiger partial charge < -0.3 is 10.1 Å². The molecule has 4 rings (SSSR count). The fraction of sp³-hybridized carbons (Fsp3) is 0.0909. The number of nitriles is 1. The van der Waals surface area contributed by atoms with Crippen molar-refractivity contribution in [2.24, 2.45) is 0 Å². The van der Waals surface area contributed by atoms with Crippen LogP contribution in [0.2, 0.25) is 0 Å². The lowest BCUT2D eigenvalue weighted by Gasteiger charge is -2.12. The Hall–Kier alpha value is -4.18. The summed E-state index contributed by atoms with van der Waals surface area (Å²) < 4.78 is 6.89. The molecule has 142 valence electrons. The Morgan fingerprint density at radius 1 is 1.17 bits per heavy atom. The van der Waals surface area contributed by atoms with Gasteiger partial charge in [-0.1, -0.05) is 30.3 Å². The summed E-state index contributed by atoms with van der Waals surface area (Å²) in [6, 6.07) is 18.4. The highest BCUT2D eigenvalue weighted by molar-refractivity contribution is 6.04. The number of para-hydroxylation sites is 1. The molecule has 0 atom stereocenters. The maximum absolute atomic E-state index is 12.6. The van der Waals surface area contributed by atoms with Crippen molar-refractivity contribution in [1.29, 1.82) is 5.26 Å². The number of aryl methyl sites for hydroxylation is 1. The van der Waals surface area contributed by atoms with Crippen molar-refractivity contribution in [3.8, 4) is 17.6 Å². The van der Waals surface area contributed by atoms with Crippen molar-refractivity contribution in [2.75, 3.05) is 12.4 Å². The third-order valence-corrected chi connectivity index (χ3v) is 4.59. The number of pyridine rings is 1. The number of methoxy groups -OCH3 is 1. The highest BCUT2D eigenvalue weighted by Gasteiger charge is 2.18. The van der Waals surface area contributed by atoms with Crippen LogP contribution in [0.15, 0.2) is 60.8 Å². The summed E-state index contributed by atoms with van der Waals surface area (Å²) in [7, 11) is 1.59. The first-order chi connectivity index (χ1) is 14.1. The number of aromatic nitrogens is 3. The maximum Gasteiger partial charge on any atom is 0.256 e. The van der Waals surface area contributed by atoms with Gasteiger partial charge in [-0.25, -0.2) is 4.98 Å².